The van der Waals surface area contributed by atoms with E-state index in [1.165, 1.54) is 4.68 Å². The molecule has 0 unspecified atom stereocenters. The summed E-state index contributed by atoms with van der Waals surface area (Å²) in [6.45, 7) is 4.79. The fourth-order valence-corrected chi connectivity index (χ4v) is 4.32. The fourth-order valence-electron chi connectivity index (χ4n) is 4.32. The molecule has 0 spiro atoms. The van der Waals surface area contributed by atoms with Gasteiger partial charge in [0.2, 0.25) is 17.3 Å². The summed E-state index contributed by atoms with van der Waals surface area (Å²) < 4.78 is 1.29. The van der Waals surface area contributed by atoms with E-state index in [9.17, 15) is 14.8 Å². The van der Waals surface area contributed by atoms with Gasteiger partial charge in [-0.1, -0.05) is 24.3 Å². The van der Waals surface area contributed by atoms with Crippen molar-refractivity contribution >= 4 is 17.3 Å². The molecule has 3 aromatic rings. The molecule has 1 aromatic carbocycles. The largest absolute Gasteiger partial charge is 0.571 e. The number of carbonyl (C=O) groups is 2. The molecule has 2 aliphatic rings. The topological polar surface area (TPSA) is 98.3 Å². The first-order valence-corrected chi connectivity index (χ1v) is 10.4. The Bertz CT molecular complexity index is 1140. The normalized spacial score (nSPS) is 16.3. The number of ketones is 2. The second-order valence-electron chi connectivity index (χ2n) is 7.77. The third-order valence-corrected chi connectivity index (χ3v) is 5.95. The molecule has 2 aromatic heterocycles. The SMILES string of the molecule is O=C1c2ccccc2C(=O)c2c1n[n+]([O-])n2CCCN1CCN(c2cccnc2)CC1. The molecule has 158 valence electrons. The molecule has 3 heterocycles. The number of rotatable bonds is 5. The molecule has 1 aliphatic heterocycles. The third kappa shape index (κ3) is 3.46. The van der Waals surface area contributed by atoms with E-state index < -0.39 is 0 Å². The lowest BCUT2D eigenvalue weighted by Gasteiger charge is -2.35. The summed E-state index contributed by atoms with van der Waals surface area (Å²) in [6.07, 6.45) is 4.33. The van der Waals surface area contributed by atoms with Crippen molar-refractivity contribution in [3.8, 4) is 0 Å². The highest BCUT2D eigenvalue weighted by Crippen LogP contribution is 2.25. The van der Waals surface area contributed by atoms with Crippen molar-refractivity contribution in [3.05, 3.63) is 76.5 Å². The van der Waals surface area contributed by atoms with E-state index in [-0.39, 0.29) is 23.0 Å². The van der Waals surface area contributed by atoms with Crippen LogP contribution in [0.3, 0.4) is 0 Å². The Balaban J connectivity index is 1.23. The Morgan fingerprint density at radius 3 is 2.39 bits per heavy atom. The van der Waals surface area contributed by atoms with Crippen LogP contribution in [0.1, 0.15) is 38.5 Å². The van der Waals surface area contributed by atoms with E-state index in [1.54, 1.807) is 30.5 Å². The summed E-state index contributed by atoms with van der Waals surface area (Å²) in [7, 11) is 0. The van der Waals surface area contributed by atoms with Gasteiger partial charge in [-0.3, -0.25) is 19.5 Å². The van der Waals surface area contributed by atoms with Gasteiger partial charge in [0.1, 0.15) is 0 Å². The molecule has 5 rings (SSSR count). The van der Waals surface area contributed by atoms with Crippen LogP contribution in [0.2, 0.25) is 0 Å². The van der Waals surface area contributed by atoms with Crippen LogP contribution in [0, 0.1) is 5.21 Å². The first-order chi connectivity index (χ1) is 15.1. The molecule has 0 radical (unpaired) electrons. The molecule has 9 heteroatoms. The van der Waals surface area contributed by atoms with Crippen molar-refractivity contribution in [1.29, 1.82) is 0 Å². The van der Waals surface area contributed by atoms with Crippen molar-refractivity contribution in [3.63, 3.8) is 0 Å². The Morgan fingerprint density at radius 2 is 1.68 bits per heavy atom. The number of benzene rings is 1. The van der Waals surface area contributed by atoms with Gasteiger partial charge < -0.3 is 10.1 Å². The summed E-state index contributed by atoms with van der Waals surface area (Å²) in [6, 6.07) is 10.6. The third-order valence-electron chi connectivity index (χ3n) is 5.95. The maximum absolute atomic E-state index is 12.9. The van der Waals surface area contributed by atoms with Gasteiger partial charge in [0.15, 0.2) is 5.69 Å². The molecule has 0 saturated carbocycles. The minimum atomic E-state index is -0.375. The molecular weight excluding hydrogens is 396 g/mol. The molecule has 31 heavy (non-hydrogen) atoms. The Morgan fingerprint density at radius 1 is 0.935 bits per heavy atom. The van der Waals surface area contributed by atoms with Crippen molar-refractivity contribution in [2.75, 3.05) is 37.6 Å². The average molecular weight is 418 g/mol. The molecule has 1 aliphatic carbocycles. The molecule has 0 N–H and O–H groups in total. The number of fused-ring (bicyclic) bond motifs is 2. The van der Waals surface area contributed by atoms with Gasteiger partial charge in [0.05, 0.1) is 18.4 Å². The maximum Gasteiger partial charge on any atom is 0.220 e. The standard InChI is InChI=1S/C22H22N6O3/c29-21-17-6-1-2-7-18(17)22(30)20-19(21)24-28(31)27(20)10-4-9-25-11-13-26(14-12-25)16-5-3-8-23-15-16/h1-3,5-8,15H,4,9-14H2. The number of aromatic nitrogens is 4. The number of hydrogen-bond acceptors (Lipinski definition) is 7. The minimum absolute atomic E-state index is 0.0521. The predicted molar refractivity (Wildman–Crippen MR) is 112 cm³/mol. The van der Waals surface area contributed by atoms with Crippen molar-refractivity contribution < 1.29 is 14.5 Å². The van der Waals surface area contributed by atoms with Gasteiger partial charge in [0.25, 0.3) is 0 Å². The van der Waals surface area contributed by atoms with Crippen LogP contribution in [0.15, 0.2) is 48.8 Å². The number of hydrogen-bond donors (Lipinski definition) is 0. The molecule has 9 nitrogen and oxygen atoms in total. The lowest BCUT2D eigenvalue weighted by Crippen LogP contribution is -2.47. The van der Waals surface area contributed by atoms with Gasteiger partial charge in [-0.05, 0) is 18.6 Å². The van der Waals surface area contributed by atoms with E-state index >= 15 is 0 Å². The molecule has 0 bridgehead atoms. The van der Waals surface area contributed by atoms with Crippen molar-refractivity contribution in [2.45, 2.75) is 13.0 Å². The fraction of sp³-hybridized carbons (Fsp3) is 0.318. The van der Waals surface area contributed by atoms with Gasteiger partial charge in [0, 0.05) is 60.1 Å². The maximum atomic E-state index is 12.9. The van der Waals surface area contributed by atoms with Crippen LogP contribution in [0.5, 0.6) is 0 Å². The summed E-state index contributed by atoms with van der Waals surface area (Å²) in [5.41, 5.74) is 1.80. The predicted octanol–water partition coefficient (Wildman–Crippen LogP) is 0.899. The minimum Gasteiger partial charge on any atom is -0.571 e. The molecule has 0 atom stereocenters. The summed E-state index contributed by atoms with van der Waals surface area (Å²) in [4.78, 5) is 34.8. The number of nitrogens with zero attached hydrogens (tertiary/aromatic N) is 6. The van der Waals surface area contributed by atoms with Crippen LogP contribution >= 0.6 is 0 Å². The highest BCUT2D eigenvalue weighted by molar-refractivity contribution is 6.26. The molecular formula is C22H22N6O3. The second-order valence-corrected chi connectivity index (χ2v) is 7.77. The zero-order valence-electron chi connectivity index (χ0n) is 17.0. The summed E-state index contributed by atoms with van der Waals surface area (Å²) in [5.74, 6) is -0.697. The van der Waals surface area contributed by atoms with E-state index in [4.69, 9.17) is 0 Å². The zero-order chi connectivity index (χ0) is 21.4. The van der Waals surface area contributed by atoms with Gasteiger partial charge in [-0.15, -0.1) is 4.68 Å². The molecule has 1 saturated heterocycles. The summed E-state index contributed by atoms with van der Waals surface area (Å²) >= 11 is 0. The smallest absolute Gasteiger partial charge is 0.220 e. The average Bonchev–Trinajstić information content (AvgIpc) is 3.15. The number of anilines is 1. The zero-order valence-corrected chi connectivity index (χ0v) is 17.0. The van der Waals surface area contributed by atoms with Crippen LogP contribution in [0.4, 0.5) is 5.69 Å². The van der Waals surface area contributed by atoms with Crippen LogP contribution in [-0.4, -0.2) is 64.0 Å². The van der Waals surface area contributed by atoms with Crippen LogP contribution in [0.25, 0.3) is 0 Å². The van der Waals surface area contributed by atoms with E-state index in [1.807, 2.05) is 12.3 Å². The monoisotopic (exact) mass is 418 g/mol. The van der Waals surface area contributed by atoms with Gasteiger partial charge >= 0.3 is 0 Å². The second kappa shape index (κ2) is 7.92. The number of carbonyl (C=O) groups excluding carboxylic acids is 2. The van der Waals surface area contributed by atoms with E-state index in [2.05, 4.69) is 25.9 Å². The Hall–Kier alpha value is -3.59. The van der Waals surface area contributed by atoms with Gasteiger partial charge in [-0.2, -0.15) is 0 Å². The highest BCUT2D eigenvalue weighted by Gasteiger charge is 2.39. The lowest BCUT2D eigenvalue weighted by atomic mass is 9.90. The van der Waals surface area contributed by atoms with E-state index in [0.717, 1.165) is 38.4 Å². The summed E-state index contributed by atoms with van der Waals surface area (Å²) in [5, 5.41) is 16.2. The number of piperazine rings is 1. The quantitative estimate of drug-likeness (QED) is 0.351. The van der Waals surface area contributed by atoms with Crippen molar-refractivity contribution in [1.82, 2.24) is 19.7 Å². The molecule has 1 fully saturated rings. The number of pyridine rings is 1. The Labute approximate surface area is 179 Å². The van der Waals surface area contributed by atoms with Crippen LogP contribution < -0.4 is 9.86 Å². The molecule has 0 amide bonds. The first kappa shape index (κ1) is 19.4. The van der Waals surface area contributed by atoms with Gasteiger partial charge in [-0.25, -0.2) is 0 Å². The van der Waals surface area contributed by atoms with E-state index in [0.29, 0.717) is 29.1 Å². The first-order valence-electron chi connectivity index (χ1n) is 10.4. The lowest BCUT2D eigenvalue weighted by molar-refractivity contribution is -0.749. The van der Waals surface area contributed by atoms with Crippen LogP contribution in [-0.2, 0) is 6.54 Å². The Kier molecular flexibility index (Phi) is 4.95. The highest BCUT2D eigenvalue weighted by atomic mass is 16.5. The van der Waals surface area contributed by atoms with Crippen molar-refractivity contribution in [2.24, 2.45) is 0 Å².